The molecule has 2 rings (SSSR count). The quantitative estimate of drug-likeness (QED) is 0.811. The lowest BCUT2D eigenvalue weighted by Gasteiger charge is -2.15. The van der Waals surface area contributed by atoms with E-state index in [4.69, 9.17) is 4.42 Å². The number of nitrogens with zero attached hydrogens (tertiary/aromatic N) is 1. The van der Waals surface area contributed by atoms with Crippen LogP contribution in [0.3, 0.4) is 0 Å². The first-order valence-electron chi connectivity index (χ1n) is 7.25. The molecule has 0 bridgehead atoms. The standard InChI is InChI=1S/C17H22N2O2/c1-19(11-5-9-15-7-3-2-4-8-15)14-17(20)18-13-16-10-6-12-21-16/h2-4,6-8,10,12H,5,9,11,13-14H2,1H3,(H,18,20). The lowest BCUT2D eigenvalue weighted by molar-refractivity contribution is -0.122. The molecule has 112 valence electrons. The minimum Gasteiger partial charge on any atom is -0.467 e. The molecule has 2 aromatic rings. The van der Waals surface area contributed by atoms with Gasteiger partial charge in [0, 0.05) is 0 Å². The van der Waals surface area contributed by atoms with E-state index in [1.165, 1.54) is 5.56 Å². The molecule has 1 amide bonds. The number of likely N-dealkylation sites (N-methyl/N-ethyl adjacent to an activating group) is 1. The van der Waals surface area contributed by atoms with E-state index in [9.17, 15) is 4.79 Å². The van der Waals surface area contributed by atoms with E-state index >= 15 is 0 Å². The molecule has 1 N–H and O–H groups in total. The smallest absolute Gasteiger partial charge is 0.234 e. The van der Waals surface area contributed by atoms with Crippen LogP contribution < -0.4 is 5.32 Å². The second-order valence-electron chi connectivity index (χ2n) is 5.18. The third kappa shape index (κ3) is 5.83. The van der Waals surface area contributed by atoms with Crippen LogP contribution in [-0.4, -0.2) is 30.9 Å². The molecule has 4 heteroatoms. The van der Waals surface area contributed by atoms with Gasteiger partial charge in [-0.25, -0.2) is 0 Å². The lowest BCUT2D eigenvalue weighted by atomic mass is 10.1. The normalized spacial score (nSPS) is 10.8. The molecule has 0 unspecified atom stereocenters. The summed E-state index contributed by atoms with van der Waals surface area (Å²) in [5.74, 6) is 0.795. The average molecular weight is 286 g/mol. The summed E-state index contributed by atoms with van der Waals surface area (Å²) in [5.41, 5.74) is 1.34. The maximum atomic E-state index is 11.8. The fraction of sp³-hybridized carbons (Fsp3) is 0.353. The van der Waals surface area contributed by atoms with E-state index in [-0.39, 0.29) is 5.91 Å². The summed E-state index contributed by atoms with van der Waals surface area (Å²) in [6.07, 6.45) is 3.70. The van der Waals surface area contributed by atoms with Crippen LogP contribution in [0.25, 0.3) is 0 Å². The van der Waals surface area contributed by atoms with Crippen LogP contribution in [0.4, 0.5) is 0 Å². The van der Waals surface area contributed by atoms with Crippen molar-refractivity contribution in [3.05, 3.63) is 60.1 Å². The highest BCUT2D eigenvalue weighted by Gasteiger charge is 2.06. The van der Waals surface area contributed by atoms with Crippen molar-refractivity contribution in [2.45, 2.75) is 19.4 Å². The molecule has 1 aromatic heterocycles. The fourth-order valence-corrected chi connectivity index (χ4v) is 2.18. The van der Waals surface area contributed by atoms with Crippen molar-refractivity contribution in [3.63, 3.8) is 0 Å². The number of rotatable bonds is 8. The highest BCUT2D eigenvalue weighted by molar-refractivity contribution is 5.77. The first kappa shape index (κ1) is 15.3. The highest BCUT2D eigenvalue weighted by atomic mass is 16.3. The molecule has 1 aromatic carbocycles. The van der Waals surface area contributed by atoms with Crippen molar-refractivity contribution in [1.29, 1.82) is 0 Å². The SMILES string of the molecule is CN(CCCc1ccccc1)CC(=O)NCc1ccco1. The Morgan fingerprint density at radius 3 is 2.71 bits per heavy atom. The van der Waals surface area contributed by atoms with Gasteiger partial charge in [-0.1, -0.05) is 30.3 Å². The van der Waals surface area contributed by atoms with Gasteiger partial charge in [-0.05, 0) is 44.1 Å². The second kappa shape index (κ2) is 8.27. The van der Waals surface area contributed by atoms with Crippen LogP contribution in [0.15, 0.2) is 53.1 Å². The van der Waals surface area contributed by atoms with E-state index < -0.39 is 0 Å². The van der Waals surface area contributed by atoms with Crippen LogP contribution in [-0.2, 0) is 17.8 Å². The van der Waals surface area contributed by atoms with Gasteiger partial charge < -0.3 is 9.73 Å². The zero-order valence-corrected chi connectivity index (χ0v) is 12.4. The van der Waals surface area contributed by atoms with Gasteiger partial charge in [0.2, 0.25) is 5.91 Å². The number of amides is 1. The van der Waals surface area contributed by atoms with Crippen LogP contribution >= 0.6 is 0 Å². The average Bonchev–Trinajstić information content (AvgIpc) is 2.99. The van der Waals surface area contributed by atoms with E-state index in [1.807, 2.05) is 30.1 Å². The Kier molecular flexibility index (Phi) is 6.03. The second-order valence-corrected chi connectivity index (χ2v) is 5.18. The molecule has 0 fully saturated rings. The van der Waals surface area contributed by atoms with Crippen molar-refractivity contribution in [2.24, 2.45) is 0 Å². The molecule has 0 radical (unpaired) electrons. The van der Waals surface area contributed by atoms with Gasteiger partial charge in [0.1, 0.15) is 5.76 Å². The van der Waals surface area contributed by atoms with Gasteiger partial charge in [0.05, 0.1) is 19.4 Å². The van der Waals surface area contributed by atoms with Crippen LogP contribution in [0, 0.1) is 0 Å². The van der Waals surface area contributed by atoms with Gasteiger partial charge in [0.25, 0.3) is 0 Å². The number of hydrogen-bond donors (Lipinski definition) is 1. The number of furan rings is 1. The van der Waals surface area contributed by atoms with Crippen molar-refractivity contribution < 1.29 is 9.21 Å². The highest BCUT2D eigenvalue weighted by Crippen LogP contribution is 2.03. The van der Waals surface area contributed by atoms with E-state index in [0.29, 0.717) is 13.1 Å². The number of benzene rings is 1. The van der Waals surface area contributed by atoms with Gasteiger partial charge in [-0.2, -0.15) is 0 Å². The molecule has 0 spiro atoms. The number of carbonyl (C=O) groups is 1. The molecule has 21 heavy (non-hydrogen) atoms. The number of nitrogens with one attached hydrogen (secondary N) is 1. The van der Waals surface area contributed by atoms with Gasteiger partial charge in [-0.3, -0.25) is 9.69 Å². The molecule has 4 nitrogen and oxygen atoms in total. The summed E-state index contributed by atoms with van der Waals surface area (Å²) in [6.45, 7) is 1.77. The summed E-state index contributed by atoms with van der Waals surface area (Å²) in [6, 6.07) is 14.1. The monoisotopic (exact) mass is 286 g/mol. The first-order valence-corrected chi connectivity index (χ1v) is 7.25. The first-order chi connectivity index (χ1) is 10.2. The summed E-state index contributed by atoms with van der Waals surface area (Å²) < 4.78 is 5.17. The van der Waals surface area contributed by atoms with Gasteiger partial charge in [0.15, 0.2) is 0 Å². The molecule has 0 saturated heterocycles. The summed E-state index contributed by atoms with van der Waals surface area (Å²) in [5, 5.41) is 2.85. The Balaban J connectivity index is 1.60. The molecule has 0 atom stereocenters. The Morgan fingerprint density at radius 2 is 2.00 bits per heavy atom. The third-order valence-corrected chi connectivity index (χ3v) is 3.30. The molecular formula is C17H22N2O2. The lowest BCUT2D eigenvalue weighted by Crippen LogP contribution is -2.35. The van der Waals surface area contributed by atoms with E-state index in [2.05, 4.69) is 29.6 Å². The third-order valence-electron chi connectivity index (χ3n) is 3.30. The number of aryl methyl sites for hydroxylation is 1. The zero-order chi connectivity index (χ0) is 14.9. The van der Waals surface area contributed by atoms with Gasteiger partial charge in [-0.15, -0.1) is 0 Å². The summed E-state index contributed by atoms with van der Waals surface area (Å²) >= 11 is 0. The predicted octanol–water partition coefficient (Wildman–Crippen LogP) is 2.46. The van der Waals surface area contributed by atoms with Crippen molar-refractivity contribution in [1.82, 2.24) is 10.2 Å². The van der Waals surface area contributed by atoms with Crippen molar-refractivity contribution >= 4 is 5.91 Å². The maximum Gasteiger partial charge on any atom is 0.234 e. The Hall–Kier alpha value is -2.07. The molecule has 1 heterocycles. The van der Waals surface area contributed by atoms with Crippen LogP contribution in [0.1, 0.15) is 17.7 Å². The van der Waals surface area contributed by atoms with E-state index in [1.54, 1.807) is 6.26 Å². The summed E-state index contributed by atoms with van der Waals surface area (Å²) in [4.78, 5) is 13.8. The molecule has 0 aliphatic heterocycles. The number of carbonyl (C=O) groups excluding carboxylic acids is 1. The largest absolute Gasteiger partial charge is 0.467 e. The number of hydrogen-bond acceptors (Lipinski definition) is 3. The molecule has 0 saturated carbocycles. The maximum absolute atomic E-state index is 11.8. The molecular weight excluding hydrogens is 264 g/mol. The Morgan fingerprint density at radius 1 is 1.19 bits per heavy atom. The van der Waals surface area contributed by atoms with Crippen molar-refractivity contribution in [3.8, 4) is 0 Å². The topological polar surface area (TPSA) is 45.5 Å². The Labute approximate surface area is 125 Å². The summed E-state index contributed by atoms with van der Waals surface area (Å²) in [7, 11) is 1.97. The van der Waals surface area contributed by atoms with Crippen LogP contribution in [0.2, 0.25) is 0 Å². The molecule has 0 aliphatic carbocycles. The fourth-order valence-electron chi connectivity index (χ4n) is 2.18. The minimum atomic E-state index is 0.0219. The van der Waals surface area contributed by atoms with Crippen LogP contribution in [0.5, 0.6) is 0 Å². The Bertz CT molecular complexity index is 523. The van der Waals surface area contributed by atoms with E-state index in [0.717, 1.165) is 25.1 Å². The van der Waals surface area contributed by atoms with Crippen molar-refractivity contribution in [2.75, 3.05) is 20.1 Å². The zero-order valence-electron chi connectivity index (χ0n) is 12.4. The molecule has 0 aliphatic rings. The predicted molar refractivity (Wildman–Crippen MR) is 82.8 cm³/mol. The van der Waals surface area contributed by atoms with Gasteiger partial charge >= 0.3 is 0 Å². The minimum absolute atomic E-state index is 0.0219.